The highest BCUT2D eigenvalue weighted by atomic mass is 32.2. The second-order valence-corrected chi connectivity index (χ2v) is 9.10. The summed E-state index contributed by atoms with van der Waals surface area (Å²) in [7, 11) is -3.90. The van der Waals surface area contributed by atoms with Gasteiger partial charge in [0.15, 0.2) is 5.76 Å². The van der Waals surface area contributed by atoms with E-state index in [4.69, 9.17) is 4.52 Å². The molecule has 164 valence electrons. The third kappa shape index (κ3) is 4.04. The first-order chi connectivity index (χ1) is 15.2. The Balaban J connectivity index is 1.77. The fourth-order valence-electron chi connectivity index (χ4n) is 3.28. The second kappa shape index (κ2) is 8.04. The summed E-state index contributed by atoms with van der Waals surface area (Å²) >= 11 is 0. The molecule has 3 heterocycles. The van der Waals surface area contributed by atoms with E-state index >= 15 is 0 Å². The summed E-state index contributed by atoms with van der Waals surface area (Å²) in [5.74, 6) is 0.682. The lowest BCUT2D eigenvalue weighted by Gasteiger charge is -2.12. The molecule has 0 atom stereocenters. The van der Waals surface area contributed by atoms with Gasteiger partial charge in [0.2, 0.25) is 0 Å². The van der Waals surface area contributed by atoms with Crippen LogP contribution in [0, 0.1) is 27.7 Å². The Morgan fingerprint density at radius 3 is 2.44 bits per heavy atom. The monoisotopic (exact) mass is 451 g/mol. The number of pyridine rings is 1. The van der Waals surface area contributed by atoms with Crippen molar-refractivity contribution in [3.8, 4) is 16.9 Å². The third-order valence-corrected chi connectivity index (χ3v) is 6.43. The summed E-state index contributed by atoms with van der Waals surface area (Å²) in [6, 6.07) is 11.3. The molecule has 0 aliphatic heterocycles. The van der Waals surface area contributed by atoms with Gasteiger partial charge in [-0.15, -0.1) is 0 Å². The van der Waals surface area contributed by atoms with Crippen molar-refractivity contribution in [1.29, 1.82) is 0 Å². The van der Waals surface area contributed by atoms with E-state index in [1.165, 1.54) is 16.8 Å². The van der Waals surface area contributed by atoms with Crippen LogP contribution in [0.2, 0.25) is 0 Å². The molecule has 0 saturated heterocycles. The van der Waals surface area contributed by atoms with Gasteiger partial charge < -0.3 is 4.52 Å². The van der Waals surface area contributed by atoms with Crippen LogP contribution in [0.3, 0.4) is 0 Å². The first-order valence-electron chi connectivity index (χ1n) is 9.76. The summed E-state index contributed by atoms with van der Waals surface area (Å²) in [4.78, 5) is 16.6. The number of hydrogen-bond acceptors (Lipinski definition) is 7. The first kappa shape index (κ1) is 21.4. The molecule has 0 saturated carbocycles. The number of nitrogens with zero attached hydrogens (tertiary/aromatic N) is 4. The van der Waals surface area contributed by atoms with E-state index in [0.29, 0.717) is 34.0 Å². The van der Waals surface area contributed by atoms with E-state index in [2.05, 4.69) is 20.0 Å². The van der Waals surface area contributed by atoms with Crippen molar-refractivity contribution in [3.05, 3.63) is 81.6 Å². The molecule has 4 rings (SSSR count). The Labute approximate surface area is 184 Å². The van der Waals surface area contributed by atoms with E-state index in [0.717, 1.165) is 5.56 Å². The van der Waals surface area contributed by atoms with Gasteiger partial charge in [0, 0.05) is 17.8 Å². The molecule has 0 radical (unpaired) electrons. The number of benzene rings is 1. The van der Waals surface area contributed by atoms with Crippen LogP contribution >= 0.6 is 0 Å². The van der Waals surface area contributed by atoms with Crippen LogP contribution in [-0.4, -0.2) is 28.3 Å². The Hall–Kier alpha value is -3.79. The predicted molar refractivity (Wildman–Crippen MR) is 119 cm³/mol. The summed E-state index contributed by atoms with van der Waals surface area (Å²) in [5, 5.41) is 8.30. The molecule has 0 bridgehead atoms. The Morgan fingerprint density at radius 2 is 1.78 bits per heavy atom. The second-order valence-electron chi connectivity index (χ2n) is 7.45. The molecule has 0 fully saturated rings. The lowest BCUT2D eigenvalue weighted by Crippen LogP contribution is -2.21. The zero-order chi connectivity index (χ0) is 23.0. The van der Waals surface area contributed by atoms with E-state index < -0.39 is 10.0 Å². The van der Waals surface area contributed by atoms with E-state index in [1.54, 1.807) is 57.3 Å². The normalized spacial score (nSPS) is 11.5. The molecule has 9 nitrogen and oxygen atoms in total. The van der Waals surface area contributed by atoms with Gasteiger partial charge in [-0.25, -0.2) is 13.4 Å². The Bertz CT molecular complexity index is 1450. The molecule has 0 spiro atoms. The minimum Gasteiger partial charge on any atom is -0.359 e. The van der Waals surface area contributed by atoms with Gasteiger partial charge in [-0.3, -0.25) is 9.52 Å². The van der Waals surface area contributed by atoms with Crippen molar-refractivity contribution in [2.75, 3.05) is 4.72 Å². The van der Waals surface area contributed by atoms with Gasteiger partial charge >= 0.3 is 0 Å². The molecule has 32 heavy (non-hydrogen) atoms. The topological polar surface area (TPSA) is 120 Å². The van der Waals surface area contributed by atoms with E-state index in [9.17, 15) is 13.2 Å². The predicted octanol–water partition coefficient (Wildman–Crippen LogP) is 3.32. The van der Waals surface area contributed by atoms with Crippen LogP contribution in [-0.2, 0) is 10.0 Å². The molecule has 10 heteroatoms. The molecular weight excluding hydrogens is 430 g/mol. The van der Waals surface area contributed by atoms with E-state index in [1.807, 2.05) is 6.92 Å². The highest BCUT2D eigenvalue weighted by Gasteiger charge is 2.20. The number of aromatic nitrogens is 4. The van der Waals surface area contributed by atoms with Crippen molar-refractivity contribution in [3.63, 3.8) is 0 Å². The SMILES string of the molecule is Cc1ccc(NS(=O)(=O)c2cc(-c3ccc(=O)n(-c4c(C)noc4C)n3)ccc2C)nc1. The summed E-state index contributed by atoms with van der Waals surface area (Å²) in [6.07, 6.45) is 1.59. The molecule has 0 amide bonds. The van der Waals surface area contributed by atoms with Crippen LogP contribution < -0.4 is 10.3 Å². The number of hydrogen-bond donors (Lipinski definition) is 1. The lowest BCUT2D eigenvalue weighted by atomic mass is 10.1. The maximum absolute atomic E-state index is 13.0. The van der Waals surface area contributed by atoms with Crippen LogP contribution in [0.4, 0.5) is 5.82 Å². The van der Waals surface area contributed by atoms with E-state index in [-0.39, 0.29) is 16.3 Å². The van der Waals surface area contributed by atoms with Gasteiger partial charge in [-0.2, -0.15) is 9.78 Å². The van der Waals surface area contributed by atoms with Crippen LogP contribution in [0.15, 0.2) is 62.9 Å². The molecular formula is C22H21N5O4S. The van der Waals surface area contributed by atoms with Crippen molar-refractivity contribution in [2.45, 2.75) is 32.6 Å². The minimum absolute atomic E-state index is 0.0919. The summed E-state index contributed by atoms with van der Waals surface area (Å²) < 4.78 is 34.9. The number of sulfonamides is 1. The highest BCUT2D eigenvalue weighted by molar-refractivity contribution is 7.92. The van der Waals surface area contributed by atoms with Crippen molar-refractivity contribution in [2.24, 2.45) is 0 Å². The van der Waals surface area contributed by atoms with Crippen LogP contribution in [0.25, 0.3) is 16.9 Å². The molecule has 0 unspecified atom stereocenters. The molecule has 0 aliphatic rings. The zero-order valence-corrected chi connectivity index (χ0v) is 18.8. The summed E-state index contributed by atoms with van der Waals surface area (Å²) in [6.45, 7) is 6.98. The average Bonchev–Trinajstić information content (AvgIpc) is 3.08. The minimum atomic E-state index is -3.90. The number of rotatable bonds is 5. The van der Waals surface area contributed by atoms with Crippen molar-refractivity contribution in [1.82, 2.24) is 19.9 Å². The molecule has 3 aromatic heterocycles. The van der Waals surface area contributed by atoms with Crippen LogP contribution in [0.5, 0.6) is 0 Å². The smallest absolute Gasteiger partial charge is 0.271 e. The fraction of sp³-hybridized carbons (Fsp3) is 0.182. The largest absolute Gasteiger partial charge is 0.359 e. The van der Waals surface area contributed by atoms with Gasteiger partial charge in [0.25, 0.3) is 15.6 Å². The van der Waals surface area contributed by atoms with Gasteiger partial charge in [0.1, 0.15) is 17.2 Å². The standard InChI is InChI=1S/C22H21N5O4S/c1-13-5-9-20(23-12-13)26-32(29,30)19-11-17(7-6-14(19)2)18-8-10-21(28)27(24-18)22-15(3)25-31-16(22)4/h5-12H,1-4H3,(H,23,26). The third-order valence-electron chi connectivity index (χ3n) is 4.93. The zero-order valence-electron chi connectivity index (χ0n) is 17.9. The molecule has 0 aliphatic carbocycles. The molecule has 1 aromatic carbocycles. The number of nitrogens with one attached hydrogen (secondary N) is 1. The molecule has 1 N–H and O–H groups in total. The van der Waals surface area contributed by atoms with Crippen LogP contribution in [0.1, 0.15) is 22.6 Å². The van der Waals surface area contributed by atoms with Gasteiger partial charge in [-0.05, 0) is 57.0 Å². The average molecular weight is 452 g/mol. The first-order valence-corrected chi connectivity index (χ1v) is 11.2. The quantitative estimate of drug-likeness (QED) is 0.494. The molecule has 4 aromatic rings. The fourth-order valence-corrected chi connectivity index (χ4v) is 4.56. The summed E-state index contributed by atoms with van der Waals surface area (Å²) in [5.41, 5.74) is 3.08. The lowest BCUT2D eigenvalue weighted by molar-refractivity contribution is 0.392. The maximum atomic E-state index is 13.0. The Morgan fingerprint density at radius 1 is 1.00 bits per heavy atom. The number of aryl methyl sites for hydroxylation is 4. The van der Waals surface area contributed by atoms with Gasteiger partial charge in [0.05, 0.1) is 10.6 Å². The highest BCUT2D eigenvalue weighted by Crippen LogP contribution is 2.25. The Kier molecular flexibility index (Phi) is 5.39. The number of anilines is 1. The van der Waals surface area contributed by atoms with Gasteiger partial charge in [-0.1, -0.05) is 23.4 Å². The van der Waals surface area contributed by atoms with Crippen molar-refractivity contribution < 1.29 is 12.9 Å². The maximum Gasteiger partial charge on any atom is 0.271 e. The van der Waals surface area contributed by atoms with Crippen molar-refractivity contribution >= 4 is 15.8 Å².